The number of pyridine rings is 1. The lowest BCUT2D eigenvalue weighted by Gasteiger charge is -2.13. The number of ether oxygens (including phenoxy) is 2. The van der Waals surface area contributed by atoms with E-state index in [1.54, 1.807) is 18.2 Å². The van der Waals surface area contributed by atoms with E-state index in [4.69, 9.17) is 4.74 Å². The molecule has 1 N–H and O–H groups in total. The molecule has 0 spiro atoms. The van der Waals surface area contributed by atoms with Crippen molar-refractivity contribution in [2.75, 3.05) is 6.61 Å². The van der Waals surface area contributed by atoms with E-state index in [1.807, 2.05) is 0 Å². The second-order valence-corrected chi connectivity index (χ2v) is 6.13. The molecule has 0 aliphatic heterocycles. The first-order chi connectivity index (χ1) is 12.0. The van der Waals surface area contributed by atoms with E-state index in [0.29, 0.717) is 35.8 Å². The smallest absolute Gasteiger partial charge is 0.387 e. The Morgan fingerprint density at radius 2 is 1.84 bits per heavy atom. The minimum atomic E-state index is -2.90. The Balaban J connectivity index is 1.70. The lowest BCUT2D eigenvalue weighted by Crippen LogP contribution is -2.16. The zero-order valence-corrected chi connectivity index (χ0v) is 13.5. The van der Waals surface area contributed by atoms with Crippen LogP contribution in [-0.4, -0.2) is 23.2 Å². The summed E-state index contributed by atoms with van der Waals surface area (Å²) >= 11 is 0. The molecular formula is C18H19F2NO4. The fourth-order valence-electron chi connectivity index (χ4n) is 2.46. The van der Waals surface area contributed by atoms with Gasteiger partial charge in [0.25, 0.3) is 5.56 Å². The molecule has 5 nitrogen and oxygen atoms in total. The third-order valence-electron chi connectivity index (χ3n) is 4.05. The molecule has 0 radical (unpaired) electrons. The summed E-state index contributed by atoms with van der Waals surface area (Å²) < 4.78 is 35.7. The van der Waals surface area contributed by atoms with Gasteiger partial charge in [0.1, 0.15) is 0 Å². The van der Waals surface area contributed by atoms with Crippen LogP contribution in [0.3, 0.4) is 0 Å². The summed E-state index contributed by atoms with van der Waals surface area (Å²) in [4.78, 5) is 11.2. The molecular weight excluding hydrogens is 332 g/mol. The van der Waals surface area contributed by atoms with Gasteiger partial charge in [-0.25, -0.2) is 0 Å². The molecule has 0 bridgehead atoms. The molecule has 1 saturated carbocycles. The highest BCUT2D eigenvalue weighted by Crippen LogP contribution is 2.34. The summed E-state index contributed by atoms with van der Waals surface area (Å²) in [5.41, 5.74) is 1.19. The van der Waals surface area contributed by atoms with E-state index in [-0.39, 0.29) is 5.75 Å². The summed E-state index contributed by atoms with van der Waals surface area (Å²) in [6.07, 6.45) is 4.75. The predicted molar refractivity (Wildman–Crippen MR) is 86.6 cm³/mol. The van der Waals surface area contributed by atoms with Gasteiger partial charge >= 0.3 is 6.61 Å². The number of hydrogen-bond donors (Lipinski definition) is 1. The standard InChI is InChI=1S/C18H19F2NO4/c19-18(20)25-15-7-5-12(9-16(15)24-11-14-3-4-14)1-2-13-6-8-17(22)21(23)10-13/h5-10,14,18,23H,1-4,11H2. The molecule has 1 aromatic carbocycles. The van der Waals surface area contributed by atoms with Gasteiger partial charge < -0.3 is 14.7 Å². The van der Waals surface area contributed by atoms with Crippen molar-refractivity contribution in [3.05, 3.63) is 58.0 Å². The Morgan fingerprint density at radius 1 is 1.12 bits per heavy atom. The van der Waals surface area contributed by atoms with Gasteiger partial charge in [-0.1, -0.05) is 12.1 Å². The average Bonchev–Trinajstić information content (AvgIpc) is 3.39. The number of rotatable bonds is 8. The van der Waals surface area contributed by atoms with Gasteiger partial charge in [-0.05, 0) is 54.9 Å². The fraction of sp³-hybridized carbons (Fsp3) is 0.389. The van der Waals surface area contributed by atoms with Crippen LogP contribution in [0.2, 0.25) is 0 Å². The largest absolute Gasteiger partial charge is 0.489 e. The number of benzene rings is 1. The maximum atomic E-state index is 12.5. The van der Waals surface area contributed by atoms with Gasteiger partial charge in [-0.3, -0.25) is 4.79 Å². The van der Waals surface area contributed by atoms with E-state index < -0.39 is 12.2 Å². The van der Waals surface area contributed by atoms with E-state index >= 15 is 0 Å². The molecule has 0 amide bonds. The van der Waals surface area contributed by atoms with Crippen LogP contribution < -0.4 is 15.0 Å². The van der Waals surface area contributed by atoms with Gasteiger partial charge in [0.15, 0.2) is 11.5 Å². The Hall–Kier alpha value is -2.57. The minimum absolute atomic E-state index is 0.0308. The third kappa shape index (κ3) is 4.95. The van der Waals surface area contributed by atoms with E-state index in [9.17, 15) is 18.8 Å². The number of alkyl halides is 2. The van der Waals surface area contributed by atoms with Crippen LogP contribution in [0.25, 0.3) is 0 Å². The molecule has 25 heavy (non-hydrogen) atoms. The van der Waals surface area contributed by atoms with Crippen LogP contribution in [0.15, 0.2) is 41.3 Å². The maximum absolute atomic E-state index is 12.5. The van der Waals surface area contributed by atoms with Crippen molar-refractivity contribution in [1.82, 2.24) is 4.73 Å². The minimum Gasteiger partial charge on any atom is -0.489 e. The number of hydrogen-bond acceptors (Lipinski definition) is 4. The van der Waals surface area contributed by atoms with Crippen LogP contribution >= 0.6 is 0 Å². The van der Waals surface area contributed by atoms with Gasteiger partial charge in [-0.15, -0.1) is 0 Å². The van der Waals surface area contributed by atoms with Crippen molar-refractivity contribution >= 4 is 0 Å². The van der Waals surface area contributed by atoms with E-state index in [0.717, 1.165) is 24.0 Å². The highest BCUT2D eigenvalue weighted by atomic mass is 19.3. The van der Waals surface area contributed by atoms with Crippen LogP contribution in [-0.2, 0) is 12.8 Å². The number of nitrogens with zero attached hydrogens (tertiary/aromatic N) is 1. The summed E-state index contributed by atoms with van der Waals surface area (Å²) in [6, 6.07) is 7.83. The maximum Gasteiger partial charge on any atom is 0.387 e. The average molecular weight is 351 g/mol. The van der Waals surface area contributed by atoms with Crippen molar-refractivity contribution in [2.45, 2.75) is 32.3 Å². The topological polar surface area (TPSA) is 60.7 Å². The Morgan fingerprint density at radius 3 is 2.52 bits per heavy atom. The predicted octanol–water partition coefficient (Wildman–Crippen LogP) is 3.26. The SMILES string of the molecule is O=c1ccc(CCc2ccc(OC(F)F)c(OCC3CC3)c2)cn1O. The zero-order valence-electron chi connectivity index (χ0n) is 13.5. The fourth-order valence-corrected chi connectivity index (χ4v) is 2.46. The number of aryl methyl sites for hydroxylation is 2. The van der Waals surface area contributed by atoms with E-state index in [1.165, 1.54) is 18.3 Å². The van der Waals surface area contributed by atoms with Crippen LogP contribution in [0.5, 0.6) is 11.5 Å². The molecule has 0 unspecified atom stereocenters. The molecule has 1 heterocycles. The molecule has 134 valence electrons. The van der Waals surface area contributed by atoms with Gasteiger partial charge in [-0.2, -0.15) is 13.5 Å². The first-order valence-electron chi connectivity index (χ1n) is 8.12. The van der Waals surface area contributed by atoms with Crippen LogP contribution in [0.1, 0.15) is 24.0 Å². The molecule has 3 rings (SSSR count). The van der Waals surface area contributed by atoms with Gasteiger partial charge in [0.2, 0.25) is 0 Å². The third-order valence-corrected chi connectivity index (χ3v) is 4.05. The Bertz CT molecular complexity index is 787. The second kappa shape index (κ2) is 7.55. The molecule has 1 aromatic heterocycles. The monoisotopic (exact) mass is 351 g/mol. The summed E-state index contributed by atoms with van der Waals surface area (Å²) in [6.45, 7) is -2.40. The first-order valence-corrected chi connectivity index (χ1v) is 8.12. The number of halogens is 2. The van der Waals surface area contributed by atoms with Gasteiger partial charge in [0.05, 0.1) is 12.8 Å². The molecule has 7 heteroatoms. The molecule has 0 saturated heterocycles. The van der Waals surface area contributed by atoms with Crippen LogP contribution in [0.4, 0.5) is 8.78 Å². The Labute approximate surface area is 143 Å². The van der Waals surface area contributed by atoms with Crippen LogP contribution in [0, 0.1) is 5.92 Å². The highest BCUT2D eigenvalue weighted by Gasteiger charge is 2.23. The van der Waals surface area contributed by atoms with Crippen molar-refractivity contribution < 1.29 is 23.5 Å². The molecule has 1 fully saturated rings. The van der Waals surface area contributed by atoms with Gasteiger partial charge in [0, 0.05) is 6.07 Å². The van der Waals surface area contributed by atoms with Crippen molar-refractivity contribution in [2.24, 2.45) is 5.92 Å². The van der Waals surface area contributed by atoms with E-state index in [2.05, 4.69) is 4.74 Å². The molecule has 1 aliphatic rings. The Kier molecular flexibility index (Phi) is 5.21. The lowest BCUT2D eigenvalue weighted by molar-refractivity contribution is -0.0515. The van der Waals surface area contributed by atoms with Crippen molar-refractivity contribution in [3.63, 3.8) is 0 Å². The molecule has 1 aliphatic carbocycles. The van der Waals surface area contributed by atoms with Crippen molar-refractivity contribution in [1.29, 1.82) is 0 Å². The first kappa shape index (κ1) is 17.3. The normalized spacial score (nSPS) is 13.9. The van der Waals surface area contributed by atoms with Crippen molar-refractivity contribution in [3.8, 4) is 11.5 Å². The quantitative estimate of drug-likeness (QED) is 0.742. The summed E-state index contributed by atoms with van der Waals surface area (Å²) in [5.74, 6) is 0.841. The molecule has 2 aromatic rings. The molecule has 0 atom stereocenters. The zero-order chi connectivity index (χ0) is 17.8. The number of aromatic nitrogens is 1. The summed E-state index contributed by atoms with van der Waals surface area (Å²) in [7, 11) is 0. The lowest BCUT2D eigenvalue weighted by atomic mass is 10.1. The summed E-state index contributed by atoms with van der Waals surface area (Å²) in [5, 5.41) is 9.39. The highest BCUT2D eigenvalue weighted by molar-refractivity contribution is 5.43. The second-order valence-electron chi connectivity index (χ2n) is 6.13.